The molecule has 0 spiro atoms. The Kier molecular flexibility index (Phi) is 11.7. The molecule has 234 valence electrons. The molecule has 4 rings (SSSR count). The molecule has 8 nitrogen and oxygen atoms in total. The second kappa shape index (κ2) is 16.1. The van der Waals surface area contributed by atoms with Crippen LogP contribution in [-0.2, 0) is 20.7 Å². The zero-order chi connectivity index (χ0) is 32.2. The number of carbonyl (C=O) groups excluding carboxylic acids is 3. The van der Waals surface area contributed by atoms with Gasteiger partial charge in [0.15, 0.2) is 5.78 Å². The molecular weight excluding hydrogens is 568 g/mol. The van der Waals surface area contributed by atoms with Gasteiger partial charge in [-0.15, -0.1) is 0 Å². The zero-order valence-corrected chi connectivity index (χ0v) is 26.2. The Bertz CT molecular complexity index is 1570. The van der Waals surface area contributed by atoms with Crippen LogP contribution in [0.15, 0.2) is 103 Å². The Morgan fingerprint density at radius 1 is 0.800 bits per heavy atom. The van der Waals surface area contributed by atoms with Gasteiger partial charge < -0.3 is 24.4 Å². The summed E-state index contributed by atoms with van der Waals surface area (Å²) >= 11 is 0. The van der Waals surface area contributed by atoms with Crippen LogP contribution >= 0.6 is 0 Å². The van der Waals surface area contributed by atoms with Crippen molar-refractivity contribution in [3.8, 4) is 11.5 Å². The number of hydrogen-bond acceptors (Lipinski definition) is 7. The van der Waals surface area contributed by atoms with Crippen molar-refractivity contribution in [2.45, 2.75) is 32.7 Å². The number of esters is 1. The highest BCUT2D eigenvalue weighted by Gasteiger charge is 2.23. The van der Waals surface area contributed by atoms with Gasteiger partial charge in [0.1, 0.15) is 24.1 Å². The molecule has 4 aromatic carbocycles. The molecule has 0 aromatic heterocycles. The first-order valence-corrected chi connectivity index (χ1v) is 15.0. The van der Waals surface area contributed by atoms with Crippen molar-refractivity contribution in [3.05, 3.63) is 120 Å². The lowest BCUT2D eigenvalue weighted by Gasteiger charge is -2.24. The number of para-hydroxylation sites is 1. The summed E-state index contributed by atoms with van der Waals surface area (Å²) in [6.45, 7) is 4.70. The van der Waals surface area contributed by atoms with Gasteiger partial charge in [0.2, 0.25) is 5.91 Å². The van der Waals surface area contributed by atoms with E-state index in [0.717, 1.165) is 11.3 Å². The van der Waals surface area contributed by atoms with E-state index < -0.39 is 12.0 Å². The van der Waals surface area contributed by atoms with Gasteiger partial charge in [0.25, 0.3) is 0 Å². The van der Waals surface area contributed by atoms with Crippen LogP contribution in [-0.4, -0.2) is 51.1 Å². The van der Waals surface area contributed by atoms with Crippen LogP contribution in [0.2, 0.25) is 0 Å². The Labute approximate surface area is 264 Å². The number of anilines is 2. The van der Waals surface area contributed by atoms with E-state index in [-0.39, 0.29) is 17.6 Å². The van der Waals surface area contributed by atoms with Crippen molar-refractivity contribution < 1.29 is 28.6 Å². The van der Waals surface area contributed by atoms with Crippen molar-refractivity contribution in [1.29, 1.82) is 0 Å². The highest BCUT2D eigenvalue weighted by atomic mass is 16.5. The predicted octanol–water partition coefficient (Wildman–Crippen LogP) is 6.58. The average Bonchev–Trinajstić information content (AvgIpc) is 3.06. The SMILES string of the molecule is COC(=O)[C@H](Cc1ccc(OCCN(C(=O)CC(C)C)c2cccc(OC)c2)cc1)Nc1ccccc1C(=O)c1ccccc1. The molecule has 0 radical (unpaired) electrons. The molecule has 1 N–H and O–H groups in total. The van der Waals surface area contributed by atoms with E-state index >= 15 is 0 Å². The molecular formula is C37H40N2O6. The number of rotatable bonds is 15. The molecule has 1 atom stereocenters. The predicted molar refractivity (Wildman–Crippen MR) is 176 cm³/mol. The summed E-state index contributed by atoms with van der Waals surface area (Å²) in [6, 6.07) is 30.3. The van der Waals surface area contributed by atoms with E-state index in [9.17, 15) is 14.4 Å². The number of methoxy groups -OCH3 is 2. The second-order valence-electron chi connectivity index (χ2n) is 11.0. The summed E-state index contributed by atoms with van der Waals surface area (Å²) in [5.74, 6) is 0.978. The molecule has 1 amide bonds. The fourth-order valence-electron chi connectivity index (χ4n) is 4.92. The molecule has 45 heavy (non-hydrogen) atoms. The van der Waals surface area contributed by atoms with Gasteiger partial charge in [0.05, 0.1) is 20.8 Å². The average molecular weight is 609 g/mol. The van der Waals surface area contributed by atoms with Gasteiger partial charge in [-0.2, -0.15) is 0 Å². The molecule has 8 heteroatoms. The molecule has 0 bridgehead atoms. The molecule has 0 aliphatic rings. The van der Waals surface area contributed by atoms with Crippen LogP contribution in [0.4, 0.5) is 11.4 Å². The third kappa shape index (κ3) is 9.19. The summed E-state index contributed by atoms with van der Waals surface area (Å²) < 4.78 is 16.4. The summed E-state index contributed by atoms with van der Waals surface area (Å²) in [7, 11) is 2.94. The van der Waals surface area contributed by atoms with Gasteiger partial charge >= 0.3 is 5.97 Å². The summed E-state index contributed by atoms with van der Waals surface area (Å²) in [5, 5.41) is 3.23. The smallest absolute Gasteiger partial charge is 0.328 e. The third-order valence-corrected chi connectivity index (χ3v) is 7.22. The number of nitrogens with one attached hydrogen (secondary N) is 1. The number of carbonyl (C=O) groups is 3. The van der Waals surface area contributed by atoms with Crippen LogP contribution in [0, 0.1) is 5.92 Å². The molecule has 4 aromatic rings. The Morgan fingerprint density at radius 3 is 2.20 bits per heavy atom. The number of nitrogens with zero attached hydrogens (tertiary/aromatic N) is 1. The highest BCUT2D eigenvalue weighted by molar-refractivity contribution is 6.12. The van der Waals surface area contributed by atoms with Crippen LogP contribution in [0.25, 0.3) is 0 Å². The van der Waals surface area contributed by atoms with Gasteiger partial charge in [-0.3, -0.25) is 9.59 Å². The standard InChI is InChI=1S/C37H40N2O6/c1-26(2)23-35(40)39(29-13-10-14-31(25-29)43-3)21-22-45-30-19-17-27(18-20-30)24-34(37(42)44-4)38-33-16-9-8-15-32(33)36(41)28-11-6-5-7-12-28/h5-20,25-26,34,38H,21-24H2,1-4H3/t34-/m0/s1. The summed E-state index contributed by atoms with van der Waals surface area (Å²) in [4.78, 5) is 40.8. The molecule has 0 aliphatic heterocycles. The summed E-state index contributed by atoms with van der Waals surface area (Å²) in [5.41, 5.74) is 3.22. The molecule has 0 saturated heterocycles. The van der Waals surface area contributed by atoms with Gasteiger partial charge in [-0.25, -0.2) is 4.79 Å². The quantitative estimate of drug-likeness (QED) is 0.120. The monoisotopic (exact) mass is 608 g/mol. The Morgan fingerprint density at radius 2 is 1.51 bits per heavy atom. The normalized spacial score (nSPS) is 11.4. The number of hydrogen-bond donors (Lipinski definition) is 1. The number of benzene rings is 4. The zero-order valence-electron chi connectivity index (χ0n) is 26.2. The van der Waals surface area contributed by atoms with Crippen LogP contribution < -0.4 is 19.7 Å². The van der Waals surface area contributed by atoms with Crippen LogP contribution in [0.1, 0.15) is 41.8 Å². The van der Waals surface area contributed by atoms with Crippen molar-refractivity contribution in [2.75, 3.05) is 37.6 Å². The maximum Gasteiger partial charge on any atom is 0.328 e. The third-order valence-electron chi connectivity index (χ3n) is 7.22. The summed E-state index contributed by atoms with van der Waals surface area (Å²) in [6.07, 6.45) is 0.750. The minimum absolute atomic E-state index is 0.0191. The van der Waals surface area contributed by atoms with Crippen LogP contribution in [0.5, 0.6) is 11.5 Å². The van der Waals surface area contributed by atoms with E-state index in [1.165, 1.54) is 7.11 Å². The molecule has 0 saturated carbocycles. The van der Waals surface area contributed by atoms with Crippen molar-refractivity contribution in [2.24, 2.45) is 5.92 Å². The van der Waals surface area contributed by atoms with E-state index in [1.54, 1.807) is 42.3 Å². The van der Waals surface area contributed by atoms with E-state index in [4.69, 9.17) is 14.2 Å². The molecule has 0 aliphatic carbocycles. The van der Waals surface area contributed by atoms with E-state index in [1.807, 2.05) is 86.6 Å². The topological polar surface area (TPSA) is 94.2 Å². The first-order chi connectivity index (χ1) is 21.8. The second-order valence-corrected chi connectivity index (χ2v) is 11.0. The fraction of sp³-hybridized carbons (Fsp3) is 0.270. The van der Waals surface area contributed by atoms with E-state index in [0.29, 0.717) is 54.3 Å². The highest BCUT2D eigenvalue weighted by Crippen LogP contribution is 2.24. The Balaban J connectivity index is 1.42. The van der Waals surface area contributed by atoms with Gasteiger partial charge in [-0.05, 0) is 47.9 Å². The van der Waals surface area contributed by atoms with Gasteiger partial charge in [0, 0.05) is 41.4 Å². The first-order valence-electron chi connectivity index (χ1n) is 15.0. The maximum atomic E-state index is 13.2. The lowest BCUT2D eigenvalue weighted by molar-refractivity contribution is -0.141. The number of amides is 1. The largest absolute Gasteiger partial charge is 0.497 e. The maximum absolute atomic E-state index is 13.2. The number of ether oxygens (including phenoxy) is 3. The van der Waals surface area contributed by atoms with Crippen molar-refractivity contribution >= 4 is 29.0 Å². The van der Waals surface area contributed by atoms with Crippen LogP contribution in [0.3, 0.4) is 0 Å². The molecule has 0 unspecified atom stereocenters. The minimum Gasteiger partial charge on any atom is -0.497 e. The first kappa shape index (κ1) is 32.8. The molecule has 0 fully saturated rings. The van der Waals surface area contributed by atoms with Crippen molar-refractivity contribution in [3.63, 3.8) is 0 Å². The minimum atomic E-state index is -0.727. The van der Waals surface area contributed by atoms with E-state index in [2.05, 4.69) is 5.32 Å². The molecule has 0 heterocycles. The fourth-order valence-corrected chi connectivity index (χ4v) is 4.92. The lowest BCUT2D eigenvalue weighted by atomic mass is 10.00. The van der Waals surface area contributed by atoms with Crippen molar-refractivity contribution in [1.82, 2.24) is 0 Å². The number of ketones is 1. The lowest BCUT2D eigenvalue weighted by Crippen LogP contribution is -2.35. The van der Waals surface area contributed by atoms with Gasteiger partial charge in [-0.1, -0.05) is 74.5 Å². The Hall–Kier alpha value is -5.11.